The molecule has 0 N–H and O–H groups in total. The smallest absolute Gasteiger partial charge is 0.254 e. The summed E-state index contributed by atoms with van der Waals surface area (Å²) < 4.78 is 5.68. The third kappa shape index (κ3) is 6.59. The van der Waals surface area contributed by atoms with Gasteiger partial charge in [-0.3, -0.25) is 19.3 Å². The molecule has 0 unspecified atom stereocenters. The molecule has 0 spiro atoms. The van der Waals surface area contributed by atoms with Gasteiger partial charge < -0.3 is 14.5 Å². The number of carbonyl (C=O) groups is 3. The summed E-state index contributed by atoms with van der Waals surface area (Å²) in [7, 11) is 0. The van der Waals surface area contributed by atoms with Gasteiger partial charge >= 0.3 is 0 Å². The molecule has 1 heterocycles. The van der Waals surface area contributed by atoms with Crippen molar-refractivity contribution in [2.45, 2.75) is 40.5 Å². The number of hydrogen-bond donors (Lipinski definition) is 0. The topological polar surface area (TPSA) is 70.2 Å². The summed E-state index contributed by atoms with van der Waals surface area (Å²) in [5.41, 5.74) is 2.38. The highest BCUT2D eigenvalue weighted by Crippen LogP contribution is 2.21. The van der Waals surface area contributed by atoms with Crippen LogP contribution >= 0.6 is 0 Å². The van der Waals surface area contributed by atoms with Gasteiger partial charge in [0.1, 0.15) is 25.5 Å². The lowest BCUT2D eigenvalue weighted by Crippen LogP contribution is -2.44. The largest absolute Gasteiger partial charge is 0.494 e. The van der Waals surface area contributed by atoms with Crippen molar-refractivity contribution in [1.82, 2.24) is 9.80 Å². The molecule has 1 aliphatic heterocycles. The first-order chi connectivity index (χ1) is 16.3. The minimum atomic E-state index is -0.239. The molecule has 1 saturated heterocycles. The number of nitrogens with zero attached hydrogens (tertiary/aromatic N) is 3. The molecule has 2 aromatic rings. The first-order valence-electron chi connectivity index (χ1n) is 12.0. The van der Waals surface area contributed by atoms with E-state index in [4.69, 9.17) is 4.74 Å². The first kappa shape index (κ1) is 25.3. The summed E-state index contributed by atoms with van der Waals surface area (Å²) in [5.74, 6) is 0.345. The molecule has 1 aliphatic rings. The molecule has 1 fully saturated rings. The average Bonchev–Trinajstić information content (AvgIpc) is 3.21. The summed E-state index contributed by atoms with van der Waals surface area (Å²) >= 11 is 0. The van der Waals surface area contributed by atoms with Gasteiger partial charge in [-0.05, 0) is 55.7 Å². The van der Waals surface area contributed by atoms with Crippen LogP contribution in [0.2, 0.25) is 0 Å². The van der Waals surface area contributed by atoms with Gasteiger partial charge in [-0.25, -0.2) is 0 Å². The Morgan fingerprint density at radius 2 is 1.74 bits per heavy atom. The van der Waals surface area contributed by atoms with Crippen molar-refractivity contribution in [1.29, 1.82) is 0 Å². The van der Waals surface area contributed by atoms with E-state index in [1.165, 1.54) is 4.90 Å². The zero-order valence-corrected chi connectivity index (χ0v) is 20.6. The number of benzene rings is 2. The Morgan fingerprint density at radius 3 is 2.35 bits per heavy atom. The Labute approximate surface area is 202 Å². The van der Waals surface area contributed by atoms with Crippen molar-refractivity contribution in [2.24, 2.45) is 5.92 Å². The van der Waals surface area contributed by atoms with Gasteiger partial charge in [0.2, 0.25) is 11.8 Å². The molecule has 34 heavy (non-hydrogen) atoms. The molecule has 182 valence electrons. The average molecular weight is 466 g/mol. The summed E-state index contributed by atoms with van der Waals surface area (Å²) in [6.45, 7) is 9.33. The lowest BCUT2D eigenvalue weighted by molar-refractivity contribution is -0.132. The number of amides is 3. The van der Waals surface area contributed by atoms with Crippen molar-refractivity contribution in [2.75, 3.05) is 37.8 Å². The SMILES string of the molecule is CCCCOc1ccc(C(=O)N(CC(=O)N2CC(=O)N(c3ccc(C)cc3)C2)CC(C)C)cc1. The van der Waals surface area contributed by atoms with Crippen LogP contribution in [0.25, 0.3) is 0 Å². The Morgan fingerprint density at radius 1 is 1.06 bits per heavy atom. The summed E-state index contributed by atoms with van der Waals surface area (Å²) in [5, 5.41) is 0. The molecule has 0 radical (unpaired) electrons. The van der Waals surface area contributed by atoms with Gasteiger partial charge in [0, 0.05) is 17.8 Å². The van der Waals surface area contributed by atoms with Gasteiger partial charge in [-0.2, -0.15) is 0 Å². The molecule has 3 rings (SSSR count). The Bertz CT molecular complexity index is 986. The number of unbranched alkanes of at least 4 members (excludes halogenated alkanes) is 1. The number of ether oxygens (including phenoxy) is 1. The van der Waals surface area contributed by atoms with E-state index in [2.05, 4.69) is 6.92 Å². The highest BCUT2D eigenvalue weighted by atomic mass is 16.5. The maximum atomic E-state index is 13.2. The number of rotatable bonds is 10. The van der Waals surface area contributed by atoms with E-state index in [1.54, 1.807) is 34.1 Å². The van der Waals surface area contributed by atoms with Gasteiger partial charge in [0.25, 0.3) is 5.91 Å². The number of hydrogen-bond acceptors (Lipinski definition) is 4. The predicted molar refractivity (Wildman–Crippen MR) is 133 cm³/mol. The third-order valence-corrected chi connectivity index (χ3v) is 5.70. The molecule has 7 heteroatoms. The second-order valence-corrected chi connectivity index (χ2v) is 9.20. The lowest BCUT2D eigenvalue weighted by Gasteiger charge is -2.26. The number of aryl methyl sites for hydroxylation is 1. The standard InChI is InChI=1S/C27H35N3O4/c1-5-6-15-34-24-13-9-22(10-14-24)27(33)28(16-20(2)3)17-25(31)29-18-26(32)30(19-29)23-11-7-21(4)8-12-23/h7-14,20H,5-6,15-19H2,1-4H3. The minimum Gasteiger partial charge on any atom is -0.494 e. The van der Waals surface area contributed by atoms with Crippen LogP contribution in [0.3, 0.4) is 0 Å². The lowest BCUT2D eigenvalue weighted by atomic mass is 10.1. The minimum absolute atomic E-state index is 0.0141. The van der Waals surface area contributed by atoms with Gasteiger partial charge in [-0.15, -0.1) is 0 Å². The molecule has 0 bridgehead atoms. The van der Waals surface area contributed by atoms with E-state index in [-0.39, 0.29) is 43.4 Å². The van der Waals surface area contributed by atoms with E-state index in [0.29, 0.717) is 18.7 Å². The quantitative estimate of drug-likeness (QED) is 0.495. The van der Waals surface area contributed by atoms with Crippen LogP contribution in [0, 0.1) is 12.8 Å². The van der Waals surface area contributed by atoms with E-state index >= 15 is 0 Å². The van der Waals surface area contributed by atoms with Crippen molar-refractivity contribution >= 4 is 23.4 Å². The van der Waals surface area contributed by atoms with Crippen LogP contribution in [0.5, 0.6) is 5.75 Å². The molecule has 3 amide bonds. The number of anilines is 1. The second-order valence-electron chi connectivity index (χ2n) is 9.20. The molecule has 0 aromatic heterocycles. The monoisotopic (exact) mass is 465 g/mol. The second kappa shape index (κ2) is 11.7. The van der Waals surface area contributed by atoms with Gasteiger partial charge in [-0.1, -0.05) is 44.9 Å². The maximum Gasteiger partial charge on any atom is 0.254 e. The Kier molecular flexibility index (Phi) is 8.68. The van der Waals surface area contributed by atoms with Crippen molar-refractivity contribution in [3.05, 3.63) is 59.7 Å². The highest BCUT2D eigenvalue weighted by Gasteiger charge is 2.33. The van der Waals surface area contributed by atoms with E-state index in [0.717, 1.165) is 29.8 Å². The molecule has 0 atom stereocenters. The first-order valence-corrected chi connectivity index (χ1v) is 12.0. The van der Waals surface area contributed by atoms with Gasteiger partial charge in [0.05, 0.1) is 6.61 Å². The fourth-order valence-electron chi connectivity index (χ4n) is 3.80. The number of carbonyl (C=O) groups excluding carboxylic acids is 3. The third-order valence-electron chi connectivity index (χ3n) is 5.70. The van der Waals surface area contributed by atoms with Crippen molar-refractivity contribution < 1.29 is 19.1 Å². The normalized spacial score (nSPS) is 13.5. The van der Waals surface area contributed by atoms with Crippen LogP contribution in [0.4, 0.5) is 5.69 Å². The molecule has 7 nitrogen and oxygen atoms in total. The summed E-state index contributed by atoms with van der Waals surface area (Å²) in [4.78, 5) is 43.5. The molecule has 0 saturated carbocycles. The van der Waals surface area contributed by atoms with E-state index < -0.39 is 0 Å². The van der Waals surface area contributed by atoms with Crippen LogP contribution in [-0.4, -0.2) is 60.4 Å². The van der Waals surface area contributed by atoms with Crippen molar-refractivity contribution in [3.8, 4) is 5.75 Å². The molecule has 2 aromatic carbocycles. The van der Waals surface area contributed by atoms with Crippen LogP contribution in [-0.2, 0) is 9.59 Å². The zero-order chi connectivity index (χ0) is 24.7. The highest BCUT2D eigenvalue weighted by molar-refractivity contribution is 6.01. The van der Waals surface area contributed by atoms with Crippen LogP contribution < -0.4 is 9.64 Å². The zero-order valence-electron chi connectivity index (χ0n) is 20.6. The summed E-state index contributed by atoms with van der Waals surface area (Å²) in [6, 6.07) is 14.7. The molecular formula is C27H35N3O4. The maximum absolute atomic E-state index is 13.2. The van der Waals surface area contributed by atoms with Crippen LogP contribution in [0.1, 0.15) is 49.5 Å². The van der Waals surface area contributed by atoms with Crippen molar-refractivity contribution in [3.63, 3.8) is 0 Å². The van der Waals surface area contributed by atoms with Gasteiger partial charge in [0.15, 0.2) is 0 Å². The van der Waals surface area contributed by atoms with Crippen LogP contribution in [0.15, 0.2) is 48.5 Å². The fraction of sp³-hybridized carbons (Fsp3) is 0.444. The van der Waals surface area contributed by atoms with E-state index in [9.17, 15) is 14.4 Å². The summed E-state index contributed by atoms with van der Waals surface area (Å²) in [6.07, 6.45) is 2.03. The molecule has 0 aliphatic carbocycles. The fourth-order valence-corrected chi connectivity index (χ4v) is 3.80. The predicted octanol–water partition coefficient (Wildman–Crippen LogP) is 4.11. The Hall–Kier alpha value is -3.35. The Balaban J connectivity index is 1.66. The molecular weight excluding hydrogens is 430 g/mol. The van der Waals surface area contributed by atoms with E-state index in [1.807, 2.05) is 45.0 Å².